The van der Waals surface area contributed by atoms with Gasteiger partial charge in [0.1, 0.15) is 22.8 Å². The second-order valence-electron chi connectivity index (χ2n) is 6.78. The van der Waals surface area contributed by atoms with E-state index in [1.165, 1.54) is 33.8 Å². The molecule has 0 saturated carbocycles. The van der Waals surface area contributed by atoms with Crippen LogP contribution in [0.2, 0.25) is 0 Å². The molecule has 0 aromatic carbocycles. The highest BCUT2D eigenvalue weighted by molar-refractivity contribution is 8.06. The lowest BCUT2D eigenvalue weighted by atomic mass is 10.0. The van der Waals surface area contributed by atoms with E-state index in [0.29, 0.717) is 23.0 Å². The first-order chi connectivity index (χ1) is 15.9. The number of aromatic nitrogens is 4. The average Bonchev–Trinajstić information content (AvgIpc) is 3.46. The van der Waals surface area contributed by atoms with Crippen LogP contribution in [0.15, 0.2) is 33.5 Å². The van der Waals surface area contributed by atoms with E-state index < -0.39 is 29.2 Å². The molecule has 2 aliphatic heterocycles. The number of carboxylic acid groups (broad SMARTS) is 1. The molecule has 1 fully saturated rings. The van der Waals surface area contributed by atoms with Crippen LogP contribution >= 0.6 is 34.9 Å². The number of nitrogen functional groups attached to an aromatic ring is 1. The first-order valence-corrected chi connectivity index (χ1v) is 12.4. The predicted octanol–water partition coefficient (Wildman–Crippen LogP) is 0.0147. The zero-order valence-corrected chi connectivity index (χ0v) is 19.3. The van der Waals surface area contributed by atoms with Crippen LogP contribution in [0.25, 0.3) is 0 Å². The maximum atomic E-state index is 12.8. The summed E-state index contributed by atoms with van der Waals surface area (Å²) in [5, 5.41) is 33.6. The standard InChI is InChI=1S/C17H18N8O5S3/c18-17-21-8(6-33-17)10(23-30)13(26)22-11-14(27)25-12(16(28)29)9(7-32-15(11)25)31-5-1-4-24-19-2-3-20-24/h2-3,6,11,15,30H,1,4-5,7H2,(H2,18,21)(H,22,26)(H,28,29)/b23-10-/t11-,15-/m1/s1. The van der Waals surface area contributed by atoms with Crippen LogP contribution in [-0.4, -0.2) is 81.6 Å². The number of carbonyl (C=O) groups excluding carboxylic acids is 2. The summed E-state index contributed by atoms with van der Waals surface area (Å²) in [6, 6.07) is -0.956. The van der Waals surface area contributed by atoms with E-state index in [-0.39, 0.29) is 22.2 Å². The second kappa shape index (κ2) is 9.80. The molecule has 174 valence electrons. The van der Waals surface area contributed by atoms with Gasteiger partial charge >= 0.3 is 5.97 Å². The number of nitrogens with zero attached hydrogens (tertiary/aromatic N) is 6. The van der Waals surface area contributed by atoms with Gasteiger partial charge in [0.2, 0.25) is 0 Å². The SMILES string of the molecule is Nc1nc(/C(=N/O)C(=O)N[C@@H]2C(=O)N3C(C(=O)O)=C(SCCCn4nccn4)CS[C@H]23)cs1. The van der Waals surface area contributed by atoms with Gasteiger partial charge in [-0.2, -0.15) is 15.0 Å². The van der Waals surface area contributed by atoms with Gasteiger partial charge in [-0.15, -0.1) is 34.9 Å². The Morgan fingerprint density at radius 1 is 1.36 bits per heavy atom. The molecule has 2 aromatic heterocycles. The third-order valence-electron chi connectivity index (χ3n) is 4.75. The van der Waals surface area contributed by atoms with Crippen LogP contribution in [0.3, 0.4) is 0 Å². The van der Waals surface area contributed by atoms with Gasteiger partial charge in [-0.3, -0.25) is 14.5 Å². The third kappa shape index (κ3) is 4.67. The molecule has 0 radical (unpaired) electrons. The van der Waals surface area contributed by atoms with Crippen LogP contribution in [0.5, 0.6) is 0 Å². The Bertz CT molecular complexity index is 1130. The molecule has 5 N–H and O–H groups in total. The molecule has 2 amide bonds. The molecule has 4 rings (SSSR count). The summed E-state index contributed by atoms with van der Waals surface area (Å²) in [6.07, 6.45) is 3.89. The normalized spacial score (nSPS) is 20.4. The molecule has 33 heavy (non-hydrogen) atoms. The molecular formula is C17H18N8O5S3. The summed E-state index contributed by atoms with van der Waals surface area (Å²) in [6.45, 7) is 0.599. The maximum absolute atomic E-state index is 12.8. The van der Waals surface area contributed by atoms with E-state index in [4.69, 9.17) is 5.73 Å². The van der Waals surface area contributed by atoms with E-state index in [1.807, 2.05) is 0 Å². The van der Waals surface area contributed by atoms with Crippen molar-refractivity contribution < 1.29 is 24.7 Å². The van der Waals surface area contributed by atoms with Crippen LogP contribution in [0, 0.1) is 0 Å². The largest absolute Gasteiger partial charge is 0.477 e. The number of thioether (sulfide) groups is 2. The Morgan fingerprint density at radius 2 is 2.12 bits per heavy atom. The molecular weight excluding hydrogens is 492 g/mol. The Hall–Kier alpha value is -3.11. The topological polar surface area (TPSA) is 189 Å². The van der Waals surface area contributed by atoms with E-state index in [1.54, 1.807) is 17.2 Å². The molecule has 0 aliphatic carbocycles. The maximum Gasteiger partial charge on any atom is 0.353 e. The molecule has 13 nitrogen and oxygen atoms in total. The van der Waals surface area contributed by atoms with Crippen LogP contribution < -0.4 is 11.1 Å². The van der Waals surface area contributed by atoms with Crippen molar-refractivity contribution in [3.8, 4) is 0 Å². The number of aliphatic carboxylic acids is 1. The molecule has 0 bridgehead atoms. The van der Waals surface area contributed by atoms with Crippen molar-refractivity contribution in [1.29, 1.82) is 0 Å². The first-order valence-electron chi connectivity index (χ1n) is 9.53. The van der Waals surface area contributed by atoms with Gasteiger partial charge in [-0.25, -0.2) is 9.78 Å². The summed E-state index contributed by atoms with van der Waals surface area (Å²) < 4.78 is 0. The number of nitrogens with one attached hydrogen (secondary N) is 1. The van der Waals surface area contributed by atoms with Crippen molar-refractivity contribution in [2.45, 2.75) is 24.4 Å². The number of carbonyl (C=O) groups is 3. The lowest BCUT2D eigenvalue weighted by Crippen LogP contribution is -2.71. The number of hydrogen-bond donors (Lipinski definition) is 4. The van der Waals surface area contributed by atoms with Gasteiger partial charge in [-0.05, 0) is 12.2 Å². The van der Waals surface area contributed by atoms with Crippen molar-refractivity contribution in [2.24, 2.45) is 5.16 Å². The van der Waals surface area contributed by atoms with Crippen molar-refractivity contribution in [1.82, 2.24) is 30.2 Å². The quantitative estimate of drug-likeness (QED) is 0.117. The minimum atomic E-state index is -1.20. The number of carboxylic acids is 1. The molecule has 0 unspecified atom stereocenters. The Morgan fingerprint density at radius 3 is 2.76 bits per heavy atom. The predicted molar refractivity (Wildman–Crippen MR) is 122 cm³/mol. The third-order valence-corrected chi connectivity index (χ3v) is 8.06. The van der Waals surface area contributed by atoms with E-state index in [2.05, 4.69) is 25.7 Å². The van der Waals surface area contributed by atoms with Gasteiger partial charge in [0.15, 0.2) is 10.8 Å². The van der Waals surface area contributed by atoms with Crippen LogP contribution in [0.1, 0.15) is 12.1 Å². The minimum Gasteiger partial charge on any atom is -0.477 e. The van der Waals surface area contributed by atoms with Crippen molar-refractivity contribution in [3.05, 3.63) is 34.1 Å². The highest BCUT2D eigenvalue weighted by atomic mass is 32.2. The smallest absolute Gasteiger partial charge is 0.353 e. The van der Waals surface area contributed by atoms with Crippen LogP contribution in [-0.2, 0) is 20.9 Å². The van der Waals surface area contributed by atoms with Crippen molar-refractivity contribution >= 4 is 63.5 Å². The number of fused-ring (bicyclic) bond motifs is 1. The molecule has 0 spiro atoms. The second-order valence-corrected chi connectivity index (χ2v) is 9.97. The Kier molecular flexibility index (Phi) is 6.85. The zero-order chi connectivity index (χ0) is 23.5. The minimum absolute atomic E-state index is 0.0696. The number of rotatable bonds is 9. The first kappa shape index (κ1) is 23.1. The summed E-state index contributed by atoms with van der Waals surface area (Å²) in [4.78, 5) is 44.5. The summed E-state index contributed by atoms with van der Waals surface area (Å²) >= 11 is 3.80. The summed E-state index contributed by atoms with van der Waals surface area (Å²) in [5.41, 5.74) is 5.17. The Labute approximate surface area is 199 Å². The van der Waals surface area contributed by atoms with Gasteiger partial charge in [-0.1, -0.05) is 5.16 Å². The van der Waals surface area contributed by atoms with Crippen molar-refractivity contribution in [3.63, 3.8) is 0 Å². The van der Waals surface area contributed by atoms with E-state index >= 15 is 0 Å². The molecule has 1 saturated heterocycles. The number of oxime groups is 1. The van der Waals surface area contributed by atoms with E-state index in [9.17, 15) is 24.7 Å². The number of anilines is 1. The van der Waals surface area contributed by atoms with Crippen LogP contribution in [0.4, 0.5) is 5.13 Å². The lowest BCUT2D eigenvalue weighted by Gasteiger charge is -2.49. The number of aryl methyl sites for hydroxylation is 1. The molecule has 2 aliphatic rings. The van der Waals surface area contributed by atoms with Gasteiger partial charge in [0.25, 0.3) is 11.8 Å². The van der Waals surface area contributed by atoms with Gasteiger partial charge in [0, 0.05) is 16.0 Å². The fraction of sp³-hybridized carbons (Fsp3) is 0.353. The fourth-order valence-corrected chi connectivity index (χ4v) is 6.40. The van der Waals surface area contributed by atoms with Crippen molar-refractivity contribution in [2.75, 3.05) is 17.2 Å². The molecule has 2 aromatic rings. The highest BCUT2D eigenvalue weighted by Gasteiger charge is 2.54. The highest BCUT2D eigenvalue weighted by Crippen LogP contribution is 2.43. The summed E-state index contributed by atoms with van der Waals surface area (Å²) in [5.74, 6) is -1.54. The van der Waals surface area contributed by atoms with Gasteiger partial charge in [0.05, 0.1) is 18.9 Å². The number of thiazole rings is 1. The Balaban J connectivity index is 1.40. The van der Waals surface area contributed by atoms with Gasteiger partial charge < -0.3 is 21.4 Å². The number of amides is 2. The number of hydrogen-bond acceptors (Lipinski definition) is 12. The molecule has 2 atom stereocenters. The monoisotopic (exact) mass is 510 g/mol. The van der Waals surface area contributed by atoms with E-state index in [0.717, 1.165) is 17.8 Å². The fourth-order valence-electron chi connectivity index (χ4n) is 3.28. The molecule has 16 heteroatoms. The lowest BCUT2D eigenvalue weighted by molar-refractivity contribution is -0.150. The number of nitrogens with two attached hydrogens (primary N) is 1. The number of β-lactam (4-membered cyclic amide) rings is 1. The zero-order valence-electron chi connectivity index (χ0n) is 16.8. The average molecular weight is 511 g/mol. The molecule has 4 heterocycles. The summed E-state index contributed by atoms with van der Waals surface area (Å²) in [7, 11) is 0.